The number of fused-ring (bicyclic) bond motifs is 3. The fourth-order valence-electron chi connectivity index (χ4n) is 3.69. The molecule has 4 aromatic rings. The van der Waals surface area contributed by atoms with Crippen LogP contribution in [0, 0.1) is 0 Å². The minimum Gasteiger partial charge on any atom is -0.321 e. The molecule has 0 saturated heterocycles. The highest BCUT2D eigenvalue weighted by molar-refractivity contribution is 7.92. The zero-order chi connectivity index (χ0) is 19.3. The van der Waals surface area contributed by atoms with E-state index in [1.807, 2.05) is 22.0 Å². The summed E-state index contributed by atoms with van der Waals surface area (Å²) in [6.45, 7) is 0. The Morgan fingerprint density at radius 1 is 1.21 bits per heavy atom. The third kappa shape index (κ3) is 2.94. The normalized spacial score (nSPS) is 15.6. The maximum absolute atomic E-state index is 12.8. The van der Waals surface area contributed by atoms with Crippen molar-refractivity contribution < 1.29 is 13.2 Å². The predicted octanol–water partition coefficient (Wildman–Crippen LogP) is 4.58. The predicted molar refractivity (Wildman–Crippen MR) is 112 cm³/mol. The van der Waals surface area contributed by atoms with Crippen LogP contribution in [0.15, 0.2) is 46.8 Å². The Balaban J connectivity index is 1.41. The summed E-state index contributed by atoms with van der Waals surface area (Å²) in [5.41, 5.74) is 1.39. The molecule has 0 unspecified atom stereocenters. The molecule has 1 aliphatic rings. The molecule has 1 fully saturated rings. The molecule has 6 nitrogen and oxygen atoms in total. The smallest absolute Gasteiger partial charge is 0.265 e. The van der Waals surface area contributed by atoms with Gasteiger partial charge in [-0.1, -0.05) is 18.9 Å². The van der Waals surface area contributed by atoms with Crippen LogP contribution in [0.3, 0.4) is 0 Å². The second-order valence-electron chi connectivity index (χ2n) is 6.90. The molecular formula is C19H17N3O3S3. The van der Waals surface area contributed by atoms with Crippen LogP contribution in [0.25, 0.3) is 15.3 Å². The van der Waals surface area contributed by atoms with Gasteiger partial charge in [0, 0.05) is 17.3 Å². The lowest BCUT2D eigenvalue weighted by Crippen LogP contribution is -2.18. The van der Waals surface area contributed by atoms with Gasteiger partial charge in [-0.15, -0.1) is 22.7 Å². The number of hydrogen-bond acceptors (Lipinski definition) is 6. The van der Waals surface area contributed by atoms with Crippen LogP contribution in [0.2, 0.25) is 0 Å². The quantitative estimate of drug-likeness (QED) is 0.513. The summed E-state index contributed by atoms with van der Waals surface area (Å²) in [7, 11) is -3.35. The number of benzene rings is 1. The summed E-state index contributed by atoms with van der Waals surface area (Å²) in [5.74, 6) is -0.262. The Kier molecular flexibility index (Phi) is 4.26. The fourth-order valence-corrected chi connectivity index (χ4v) is 7.29. The fraction of sp³-hybridized carbons (Fsp3) is 0.263. The molecule has 0 aliphatic heterocycles. The second-order valence-corrected chi connectivity index (χ2v) is 11.0. The van der Waals surface area contributed by atoms with Crippen molar-refractivity contribution in [2.45, 2.75) is 35.8 Å². The number of amides is 1. The Bertz CT molecular complexity index is 1290. The standard InChI is InChI=1S/C19H17N3O3S3/c23-17(16-11-15-18(27-16)21-19-22(15)8-9-26-19)20-12-4-3-7-14(10-12)28(24,25)13-5-1-2-6-13/h3-4,7-11,13H,1-2,5-6H2,(H,20,23). The third-order valence-corrected chi connectivity index (χ3v) is 9.16. The van der Waals surface area contributed by atoms with Gasteiger partial charge in [0.1, 0.15) is 4.83 Å². The number of thiophene rings is 1. The van der Waals surface area contributed by atoms with Gasteiger partial charge in [0.05, 0.1) is 20.5 Å². The summed E-state index contributed by atoms with van der Waals surface area (Å²) >= 11 is 2.88. The number of rotatable bonds is 4. The van der Waals surface area contributed by atoms with Crippen molar-refractivity contribution in [2.75, 3.05) is 5.32 Å². The van der Waals surface area contributed by atoms with E-state index in [2.05, 4.69) is 10.3 Å². The highest BCUT2D eigenvalue weighted by Crippen LogP contribution is 2.31. The van der Waals surface area contributed by atoms with E-state index in [0.717, 1.165) is 28.1 Å². The molecular weight excluding hydrogens is 414 g/mol. The van der Waals surface area contributed by atoms with Crippen LogP contribution >= 0.6 is 22.7 Å². The molecule has 28 heavy (non-hydrogen) atoms. The average molecular weight is 432 g/mol. The lowest BCUT2D eigenvalue weighted by Gasteiger charge is -2.12. The van der Waals surface area contributed by atoms with Crippen LogP contribution in [0.5, 0.6) is 0 Å². The summed E-state index contributed by atoms with van der Waals surface area (Å²) in [5, 5.41) is 4.47. The molecule has 9 heteroatoms. The van der Waals surface area contributed by atoms with E-state index in [4.69, 9.17) is 0 Å². The molecule has 144 valence electrons. The summed E-state index contributed by atoms with van der Waals surface area (Å²) in [6.07, 6.45) is 5.27. The number of nitrogens with one attached hydrogen (secondary N) is 1. The lowest BCUT2D eigenvalue weighted by atomic mass is 10.3. The monoisotopic (exact) mass is 431 g/mol. The van der Waals surface area contributed by atoms with Crippen LogP contribution in [0.1, 0.15) is 35.4 Å². The molecule has 0 radical (unpaired) electrons. The number of anilines is 1. The van der Waals surface area contributed by atoms with Crippen molar-refractivity contribution in [3.05, 3.63) is 46.8 Å². The topological polar surface area (TPSA) is 80.5 Å². The zero-order valence-corrected chi connectivity index (χ0v) is 17.2. The average Bonchev–Trinajstić information content (AvgIpc) is 3.43. The van der Waals surface area contributed by atoms with Crippen molar-refractivity contribution in [1.82, 2.24) is 9.38 Å². The van der Waals surface area contributed by atoms with Crippen molar-refractivity contribution >= 4 is 59.4 Å². The number of imidazole rings is 1. The Morgan fingerprint density at radius 2 is 2.04 bits per heavy atom. The first-order chi connectivity index (χ1) is 13.5. The van der Waals surface area contributed by atoms with E-state index in [0.29, 0.717) is 23.4 Å². The van der Waals surface area contributed by atoms with Crippen molar-refractivity contribution in [2.24, 2.45) is 0 Å². The first-order valence-corrected chi connectivity index (χ1v) is 12.3. The van der Waals surface area contributed by atoms with Gasteiger partial charge in [-0.3, -0.25) is 9.20 Å². The second kappa shape index (κ2) is 6.68. The van der Waals surface area contributed by atoms with E-state index >= 15 is 0 Å². The zero-order valence-electron chi connectivity index (χ0n) is 14.8. The number of carbonyl (C=O) groups excluding carboxylic acids is 1. The van der Waals surface area contributed by atoms with Gasteiger partial charge in [-0.2, -0.15) is 0 Å². The summed E-state index contributed by atoms with van der Waals surface area (Å²) in [6, 6.07) is 8.37. The minimum absolute atomic E-state index is 0.262. The van der Waals surface area contributed by atoms with Crippen molar-refractivity contribution in [3.8, 4) is 0 Å². The molecule has 5 rings (SSSR count). The summed E-state index contributed by atoms with van der Waals surface area (Å²) < 4.78 is 27.6. The maximum atomic E-state index is 12.8. The molecule has 0 spiro atoms. The number of sulfone groups is 1. The largest absolute Gasteiger partial charge is 0.321 e. The molecule has 1 aliphatic carbocycles. The van der Waals surface area contributed by atoms with E-state index in [1.54, 1.807) is 35.6 Å². The van der Waals surface area contributed by atoms with Gasteiger partial charge in [0.2, 0.25) is 0 Å². The number of nitrogens with zero attached hydrogens (tertiary/aromatic N) is 2. The molecule has 1 amide bonds. The van der Waals surface area contributed by atoms with Crippen LogP contribution in [-0.4, -0.2) is 29.0 Å². The number of carbonyl (C=O) groups is 1. The Labute approximate surface area is 169 Å². The van der Waals surface area contributed by atoms with Gasteiger partial charge in [-0.05, 0) is 37.1 Å². The summed E-state index contributed by atoms with van der Waals surface area (Å²) in [4.78, 5) is 19.7. The minimum atomic E-state index is -3.35. The highest BCUT2D eigenvalue weighted by atomic mass is 32.2. The maximum Gasteiger partial charge on any atom is 0.265 e. The highest BCUT2D eigenvalue weighted by Gasteiger charge is 2.30. The van der Waals surface area contributed by atoms with Gasteiger partial charge < -0.3 is 5.32 Å². The van der Waals surface area contributed by atoms with Gasteiger partial charge in [0.15, 0.2) is 14.8 Å². The van der Waals surface area contributed by atoms with E-state index < -0.39 is 9.84 Å². The molecule has 1 saturated carbocycles. The Morgan fingerprint density at radius 3 is 2.86 bits per heavy atom. The van der Waals surface area contributed by atoms with Gasteiger partial charge in [-0.25, -0.2) is 13.4 Å². The number of hydrogen-bond donors (Lipinski definition) is 1. The Hall–Kier alpha value is -2.23. The van der Waals surface area contributed by atoms with E-state index in [9.17, 15) is 13.2 Å². The van der Waals surface area contributed by atoms with E-state index in [1.165, 1.54) is 11.3 Å². The molecule has 0 bridgehead atoms. The molecule has 1 N–H and O–H groups in total. The van der Waals surface area contributed by atoms with Crippen molar-refractivity contribution in [1.29, 1.82) is 0 Å². The molecule has 3 heterocycles. The van der Waals surface area contributed by atoms with Crippen LogP contribution in [-0.2, 0) is 9.84 Å². The number of thiazole rings is 1. The lowest BCUT2D eigenvalue weighted by molar-refractivity contribution is 0.103. The van der Waals surface area contributed by atoms with Crippen LogP contribution in [0.4, 0.5) is 5.69 Å². The number of aromatic nitrogens is 2. The van der Waals surface area contributed by atoms with Gasteiger partial charge >= 0.3 is 0 Å². The van der Waals surface area contributed by atoms with E-state index in [-0.39, 0.29) is 16.1 Å². The van der Waals surface area contributed by atoms with Gasteiger partial charge in [0.25, 0.3) is 5.91 Å². The van der Waals surface area contributed by atoms with Crippen molar-refractivity contribution in [3.63, 3.8) is 0 Å². The molecule has 3 aromatic heterocycles. The first-order valence-electron chi connectivity index (χ1n) is 9.03. The van der Waals surface area contributed by atoms with Crippen LogP contribution < -0.4 is 5.32 Å². The third-order valence-electron chi connectivity index (χ3n) is 5.13. The first kappa shape index (κ1) is 17.8. The molecule has 0 atom stereocenters. The molecule has 1 aromatic carbocycles. The SMILES string of the molecule is O=C(Nc1cccc(S(=O)(=O)C2CCCC2)c1)c1cc2c(nc3sccn32)s1.